The molecule has 1 rings (SSSR count). The third-order valence-corrected chi connectivity index (χ3v) is 15.5. The molecule has 0 atom stereocenters. The van der Waals surface area contributed by atoms with Crippen molar-refractivity contribution < 1.29 is 0 Å². The van der Waals surface area contributed by atoms with Crippen LogP contribution in [-0.2, 0) is 15.1 Å². The third kappa shape index (κ3) is 6.83. The lowest BCUT2D eigenvalue weighted by Gasteiger charge is -2.46. The molecule has 1 aromatic carbocycles. The van der Waals surface area contributed by atoms with E-state index in [1.165, 1.54) is 18.2 Å². The van der Waals surface area contributed by atoms with Crippen LogP contribution in [0, 0.1) is 0 Å². The van der Waals surface area contributed by atoms with E-state index in [1.807, 2.05) is 6.92 Å². The predicted octanol–water partition coefficient (Wildman–Crippen LogP) is 13.3. The number of benzene rings is 1. The van der Waals surface area contributed by atoms with Crippen molar-refractivity contribution in [2.24, 2.45) is 0 Å². The van der Waals surface area contributed by atoms with Crippen molar-refractivity contribution in [3.8, 4) is 0 Å². The van der Waals surface area contributed by atoms with Gasteiger partial charge in [0.15, 0.2) is 17.3 Å². The maximum atomic E-state index is 6.67. The molecule has 0 aliphatic carbocycles. The first-order chi connectivity index (χ1) is 15.2. The quantitative estimate of drug-likeness (QED) is 0.229. The van der Waals surface area contributed by atoms with Gasteiger partial charge in [0.1, 0.15) is 0 Å². The van der Waals surface area contributed by atoms with Gasteiger partial charge in [0.05, 0.1) is 0 Å². The number of halogens is 18. The van der Waals surface area contributed by atoms with Crippen molar-refractivity contribution in [2.75, 3.05) is 0 Å². The number of rotatable bonds is 8. The molecule has 0 saturated carbocycles. The predicted molar refractivity (Wildman–Crippen MR) is 166 cm³/mol. The van der Waals surface area contributed by atoms with Crippen LogP contribution in [0.1, 0.15) is 30.0 Å². The van der Waals surface area contributed by atoms with Crippen molar-refractivity contribution in [1.29, 1.82) is 0 Å². The molecule has 0 unspecified atom stereocenters. The van der Waals surface area contributed by atoms with Gasteiger partial charge in [0.25, 0.3) is 0 Å². The Hall–Kier alpha value is 4.44. The summed E-state index contributed by atoms with van der Waals surface area (Å²) < 4.78 is -19.9. The summed E-state index contributed by atoms with van der Waals surface area (Å²) in [5.74, 6) is 0. The van der Waals surface area contributed by atoms with Crippen LogP contribution in [0.3, 0.4) is 0 Å². The Labute approximate surface area is 293 Å². The van der Waals surface area contributed by atoms with E-state index >= 15 is 0 Å². The number of alkyl halides is 18. The van der Waals surface area contributed by atoms with Gasteiger partial charge in [-0.25, -0.2) is 0 Å². The number of aryl methyl sites for hydroxylation is 1. The molecule has 0 spiro atoms. The normalized spacial score (nSPS) is 15.5. The molecule has 0 fully saturated rings. The van der Waals surface area contributed by atoms with E-state index in [-0.39, 0.29) is 11.1 Å². The Balaban J connectivity index is 3.92. The van der Waals surface area contributed by atoms with Crippen LogP contribution in [0.15, 0.2) is 18.2 Å². The van der Waals surface area contributed by atoms with E-state index in [0.29, 0.717) is 18.4 Å². The van der Waals surface area contributed by atoms with Gasteiger partial charge in [-0.2, -0.15) is 0 Å². The zero-order chi connectivity index (χ0) is 28.3. The van der Waals surface area contributed by atoms with Crippen molar-refractivity contribution in [3.63, 3.8) is 0 Å². The molecule has 0 N–H and O–H groups in total. The Morgan fingerprint density at radius 2 is 0.886 bits per heavy atom. The zero-order valence-electron chi connectivity index (χ0n) is 16.4. The van der Waals surface area contributed by atoms with E-state index in [0.717, 1.165) is 0 Å². The highest BCUT2D eigenvalue weighted by molar-refractivity contribution is 6.81. The summed E-state index contributed by atoms with van der Waals surface area (Å²) >= 11 is 112. The van der Waals surface area contributed by atoms with Crippen LogP contribution in [0.25, 0.3) is 0 Å². The van der Waals surface area contributed by atoms with Crippen molar-refractivity contribution in [1.82, 2.24) is 0 Å². The molecule has 0 bridgehead atoms. The minimum Gasteiger partial charge on any atom is -0.0943 e. The van der Waals surface area contributed by atoms with Gasteiger partial charge >= 0.3 is 0 Å². The van der Waals surface area contributed by atoms with E-state index in [4.69, 9.17) is 209 Å². The first-order valence-corrected chi connectivity index (χ1v) is 15.5. The Morgan fingerprint density at radius 3 is 1.23 bits per heavy atom. The van der Waals surface area contributed by atoms with Crippen LogP contribution < -0.4 is 0 Å². The van der Waals surface area contributed by atoms with E-state index in [9.17, 15) is 0 Å². The molecule has 0 aliphatic heterocycles. The number of hydrogen-bond acceptors (Lipinski definition) is 0. The molecular weight excluding hydrogens is 842 g/mol. The Morgan fingerprint density at radius 1 is 0.514 bits per heavy atom. The molecular formula is C17H10Cl18. The SMILES string of the molecule is CCCc1ccc(C(Cl)(Cl)C(Cl)(Cl)C(Cl)(Cl)C(Cl)(Cl)Cl)cc1C(Cl)(Cl)C(Cl)(Cl)C(Cl)(Cl)C(Cl)(Cl)Cl. The van der Waals surface area contributed by atoms with Crippen LogP contribution in [-0.4, -0.2) is 24.9 Å². The fourth-order valence-corrected chi connectivity index (χ4v) is 7.18. The molecule has 0 nitrogen and oxygen atoms in total. The van der Waals surface area contributed by atoms with Gasteiger partial charge in [-0.3, -0.25) is 0 Å². The number of hydrogen-bond donors (Lipinski definition) is 0. The van der Waals surface area contributed by atoms with Crippen LogP contribution in [0.2, 0.25) is 0 Å². The van der Waals surface area contributed by atoms with Gasteiger partial charge < -0.3 is 0 Å². The lowest BCUT2D eigenvalue weighted by atomic mass is 9.92. The molecule has 1 aromatic rings. The van der Waals surface area contributed by atoms with E-state index in [1.54, 1.807) is 0 Å². The monoisotopic (exact) mass is 844 g/mol. The molecule has 0 amide bonds. The second-order valence-electron chi connectivity index (χ2n) is 7.06. The maximum absolute atomic E-state index is 6.67. The summed E-state index contributed by atoms with van der Waals surface area (Å²) in [5.41, 5.74) is 0.436. The van der Waals surface area contributed by atoms with Crippen molar-refractivity contribution >= 4 is 209 Å². The summed E-state index contributed by atoms with van der Waals surface area (Å²) in [6.45, 7) is 1.87. The highest BCUT2D eigenvalue weighted by Crippen LogP contribution is 2.67. The first kappa shape index (κ1) is 37.5. The molecule has 0 heterocycles. The topological polar surface area (TPSA) is 0 Å². The molecule has 18 heteroatoms. The molecule has 35 heavy (non-hydrogen) atoms. The van der Waals surface area contributed by atoms with Crippen LogP contribution in [0.4, 0.5) is 0 Å². The minimum atomic E-state index is -2.57. The summed E-state index contributed by atoms with van der Waals surface area (Å²) in [7, 11) is 0. The van der Waals surface area contributed by atoms with Crippen molar-refractivity contribution in [2.45, 2.75) is 53.4 Å². The standard InChI is InChI=1S/C17H10Cl18/c1-2-3-7-4-5-8(10(18,19)12(22,23)14(26,27)16(30,31)32)6-9(7)11(20,21)13(24,25)15(28,29)17(33,34)35/h4-6H,2-3H2,1H3. The zero-order valence-corrected chi connectivity index (χ0v) is 30.1. The van der Waals surface area contributed by atoms with E-state index < -0.39 is 33.6 Å². The van der Waals surface area contributed by atoms with Gasteiger partial charge in [0, 0.05) is 0 Å². The lowest BCUT2D eigenvalue weighted by Crippen LogP contribution is -2.55. The molecule has 0 radical (unpaired) electrons. The second kappa shape index (κ2) is 12.2. The fraction of sp³-hybridized carbons (Fsp3) is 0.647. The second-order valence-corrected chi connectivity index (χ2v) is 19.6. The third-order valence-electron chi connectivity index (χ3n) is 4.62. The largest absolute Gasteiger partial charge is 0.226 e. The fourth-order valence-electron chi connectivity index (χ4n) is 2.65. The Bertz CT molecular complexity index is 905. The maximum Gasteiger partial charge on any atom is 0.226 e. The summed E-state index contributed by atoms with van der Waals surface area (Å²) in [5, 5.41) is 0. The molecule has 0 saturated heterocycles. The van der Waals surface area contributed by atoms with Gasteiger partial charge in [-0.1, -0.05) is 234 Å². The molecule has 0 aliphatic rings. The van der Waals surface area contributed by atoms with Gasteiger partial charge in [-0.15, -0.1) is 0 Å². The lowest BCUT2D eigenvalue weighted by molar-refractivity contribution is 0.586. The summed E-state index contributed by atoms with van der Waals surface area (Å²) in [4.78, 5) is 0. The van der Waals surface area contributed by atoms with E-state index in [2.05, 4.69) is 0 Å². The first-order valence-electron chi connectivity index (χ1n) is 8.70. The highest BCUT2D eigenvalue weighted by Gasteiger charge is 2.70. The van der Waals surface area contributed by atoms with Crippen molar-refractivity contribution in [3.05, 3.63) is 34.9 Å². The Kier molecular flexibility index (Phi) is 13.1. The average Bonchev–Trinajstić information content (AvgIpc) is 2.65. The van der Waals surface area contributed by atoms with Crippen LogP contribution >= 0.6 is 209 Å². The van der Waals surface area contributed by atoms with Crippen LogP contribution in [0.5, 0.6) is 0 Å². The average molecular weight is 852 g/mol. The summed E-state index contributed by atoms with van der Waals surface area (Å²) in [6, 6.07) is 4.21. The minimum absolute atomic E-state index is 0.00328. The summed E-state index contributed by atoms with van der Waals surface area (Å²) in [6.07, 6.45) is 1.02. The van der Waals surface area contributed by atoms with Gasteiger partial charge in [-0.05, 0) is 29.2 Å². The smallest absolute Gasteiger partial charge is 0.0943 e. The molecule has 204 valence electrons. The van der Waals surface area contributed by atoms with Gasteiger partial charge in [0.2, 0.25) is 16.3 Å². The molecule has 0 aromatic heterocycles. The highest BCUT2D eigenvalue weighted by atomic mass is 35.6.